The number of methoxy groups -OCH3 is 2. The molecule has 0 radical (unpaired) electrons. The van der Waals surface area contributed by atoms with E-state index in [4.69, 9.17) is 9.47 Å². The van der Waals surface area contributed by atoms with E-state index in [0.29, 0.717) is 11.7 Å². The number of carbonyl (C=O) groups is 3. The first kappa shape index (κ1) is 23.1. The monoisotopic (exact) mass is 486 g/mol. The molecule has 1 unspecified atom stereocenters. The summed E-state index contributed by atoms with van der Waals surface area (Å²) in [6.07, 6.45) is 0.314. The molecule has 0 spiro atoms. The predicted molar refractivity (Wildman–Crippen MR) is 117 cm³/mol. The molecular formula is C22H18N2O9S. The van der Waals surface area contributed by atoms with Crippen molar-refractivity contribution in [2.75, 3.05) is 14.2 Å². The molecule has 1 heterocycles. The molecule has 1 fully saturated rings. The lowest BCUT2D eigenvalue weighted by Gasteiger charge is -2.13. The molecule has 1 aromatic heterocycles. The number of rotatable bonds is 7. The van der Waals surface area contributed by atoms with Crippen molar-refractivity contribution in [2.24, 2.45) is 5.41 Å². The Morgan fingerprint density at radius 2 is 1.68 bits per heavy atom. The Morgan fingerprint density at radius 3 is 2.21 bits per heavy atom. The lowest BCUT2D eigenvalue weighted by Crippen LogP contribution is -2.30. The van der Waals surface area contributed by atoms with E-state index < -0.39 is 38.2 Å². The highest BCUT2D eigenvalue weighted by Crippen LogP contribution is 2.63. The van der Waals surface area contributed by atoms with Crippen molar-refractivity contribution in [3.8, 4) is 0 Å². The molecule has 176 valence electrons. The Kier molecular flexibility index (Phi) is 5.48. The molecule has 1 atom stereocenters. The zero-order valence-corrected chi connectivity index (χ0v) is 18.8. The summed E-state index contributed by atoms with van der Waals surface area (Å²) in [5.41, 5.74) is -1.92. The molecule has 1 aliphatic carbocycles. The topological polar surface area (TPSA) is 152 Å². The van der Waals surface area contributed by atoms with Gasteiger partial charge in [0.05, 0.1) is 29.6 Å². The van der Waals surface area contributed by atoms with Gasteiger partial charge >= 0.3 is 11.9 Å². The second-order valence-corrected chi connectivity index (χ2v) is 9.45. The van der Waals surface area contributed by atoms with E-state index in [9.17, 15) is 32.9 Å². The van der Waals surface area contributed by atoms with E-state index >= 15 is 0 Å². The number of fused-ring (bicyclic) bond motifs is 1. The van der Waals surface area contributed by atoms with Gasteiger partial charge in [-0.05, 0) is 30.2 Å². The number of carbonyl (C=O) groups excluding carboxylic acids is 3. The second-order valence-electron chi connectivity index (χ2n) is 7.67. The van der Waals surface area contributed by atoms with Gasteiger partial charge < -0.3 is 9.47 Å². The van der Waals surface area contributed by atoms with Gasteiger partial charge in [0.25, 0.3) is 15.7 Å². The summed E-state index contributed by atoms with van der Waals surface area (Å²) in [4.78, 5) is 47.3. The molecule has 12 heteroatoms. The fraction of sp³-hybridized carbons (Fsp3) is 0.227. The third kappa shape index (κ3) is 3.17. The van der Waals surface area contributed by atoms with Gasteiger partial charge in [0.1, 0.15) is 5.69 Å². The van der Waals surface area contributed by atoms with Gasteiger partial charge in [-0.1, -0.05) is 18.2 Å². The number of hydrogen-bond acceptors (Lipinski definition) is 9. The quantitative estimate of drug-likeness (QED) is 0.161. The molecule has 34 heavy (non-hydrogen) atoms. The maximum atomic E-state index is 13.6. The van der Waals surface area contributed by atoms with Crippen LogP contribution in [0.25, 0.3) is 10.9 Å². The summed E-state index contributed by atoms with van der Waals surface area (Å²) in [5, 5.41) is 11.3. The minimum Gasteiger partial charge on any atom is -0.468 e. The standard InChI is InChI=1S/C22H18N2O9S/c1-32-20(26)22(21(27)33-2)11-16(22)19-15-5-3-4-6-17(15)23(18(19)12-25)34(30,31)14-9-7-13(8-10-14)24(28)29/h3-10,12,16H,11H2,1-2H3. The van der Waals surface area contributed by atoms with E-state index in [1.54, 1.807) is 18.2 Å². The SMILES string of the molecule is COC(=O)C1(C(=O)OC)CC1c1c(C=O)n(S(=O)(=O)c2ccc([N+](=O)[O-])cc2)c2ccccc12. The molecule has 0 bridgehead atoms. The summed E-state index contributed by atoms with van der Waals surface area (Å²) >= 11 is 0. The first-order valence-corrected chi connectivity index (χ1v) is 11.3. The number of nitrogens with zero attached hydrogens (tertiary/aromatic N) is 2. The highest BCUT2D eigenvalue weighted by atomic mass is 32.2. The molecular weight excluding hydrogens is 468 g/mol. The van der Waals surface area contributed by atoms with Crippen LogP contribution in [-0.4, -0.2) is 49.8 Å². The van der Waals surface area contributed by atoms with Crippen molar-refractivity contribution >= 4 is 44.8 Å². The van der Waals surface area contributed by atoms with Crippen LogP contribution in [-0.2, 0) is 29.1 Å². The van der Waals surface area contributed by atoms with Crippen LogP contribution in [0.5, 0.6) is 0 Å². The Balaban J connectivity index is 1.97. The van der Waals surface area contributed by atoms with Crippen LogP contribution in [0, 0.1) is 15.5 Å². The minimum atomic E-state index is -4.39. The van der Waals surface area contributed by atoms with Gasteiger partial charge in [0, 0.05) is 23.4 Å². The van der Waals surface area contributed by atoms with Crippen molar-refractivity contribution in [1.29, 1.82) is 0 Å². The third-order valence-electron chi connectivity index (χ3n) is 6.01. The highest BCUT2D eigenvalue weighted by molar-refractivity contribution is 7.90. The smallest absolute Gasteiger partial charge is 0.323 e. The molecule has 4 rings (SSSR count). The molecule has 2 aromatic carbocycles. The normalized spacial score (nSPS) is 16.6. The zero-order valence-electron chi connectivity index (χ0n) is 18.0. The van der Waals surface area contributed by atoms with E-state index in [1.807, 2.05) is 0 Å². The number of non-ortho nitro benzene ring substituents is 1. The summed E-state index contributed by atoms with van der Waals surface area (Å²) in [5.74, 6) is -2.56. The Bertz CT molecular complexity index is 1440. The van der Waals surface area contributed by atoms with Gasteiger partial charge in [-0.3, -0.25) is 24.5 Å². The number of esters is 2. The summed E-state index contributed by atoms with van der Waals surface area (Å²) in [6, 6.07) is 10.5. The van der Waals surface area contributed by atoms with Gasteiger partial charge in [0.2, 0.25) is 0 Å². The van der Waals surface area contributed by atoms with Crippen LogP contribution in [0.15, 0.2) is 53.4 Å². The van der Waals surface area contributed by atoms with Crippen molar-refractivity contribution in [2.45, 2.75) is 17.2 Å². The molecule has 0 saturated heterocycles. The van der Waals surface area contributed by atoms with Crippen LogP contribution in [0.3, 0.4) is 0 Å². The van der Waals surface area contributed by atoms with E-state index in [-0.39, 0.29) is 33.8 Å². The number of benzene rings is 2. The average molecular weight is 486 g/mol. The highest BCUT2D eigenvalue weighted by Gasteiger charge is 2.69. The average Bonchev–Trinajstić information content (AvgIpc) is 3.50. The Hall–Kier alpha value is -4.06. The molecule has 1 aliphatic rings. The molecule has 0 amide bonds. The van der Waals surface area contributed by atoms with E-state index in [1.165, 1.54) is 6.07 Å². The Labute approximate surface area is 193 Å². The third-order valence-corrected chi connectivity index (χ3v) is 7.76. The van der Waals surface area contributed by atoms with Crippen LogP contribution in [0.2, 0.25) is 0 Å². The number of aldehydes is 1. The van der Waals surface area contributed by atoms with E-state index in [0.717, 1.165) is 42.5 Å². The van der Waals surface area contributed by atoms with Crippen LogP contribution in [0.4, 0.5) is 5.69 Å². The predicted octanol–water partition coefficient (Wildman–Crippen LogP) is 2.42. The van der Waals surface area contributed by atoms with Crippen molar-refractivity contribution in [3.05, 3.63) is 69.9 Å². The first-order valence-electron chi connectivity index (χ1n) is 9.90. The minimum absolute atomic E-state index is 0.0290. The van der Waals surface area contributed by atoms with Crippen molar-refractivity contribution < 1.29 is 37.2 Å². The molecule has 11 nitrogen and oxygen atoms in total. The van der Waals surface area contributed by atoms with Gasteiger partial charge in [-0.15, -0.1) is 0 Å². The second kappa shape index (κ2) is 8.06. The van der Waals surface area contributed by atoms with Crippen molar-refractivity contribution in [1.82, 2.24) is 3.97 Å². The summed E-state index contributed by atoms with van der Waals surface area (Å²) < 4.78 is 37.5. The molecule has 0 N–H and O–H groups in total. The summed E-state index contributed by atoms with van der Waals surface area (Å²) in [6.45, 7) is 0. The van der Waals surface area contributed by atoms with Gasteiger partial charge in [-0.25, -0.2) is 12.4 Å². The van der Waals surface area contributed by atoms with Crippen LogP contribution >= 0.6 is 0 Å². The fourth-order valence-corrected chi connectivity index (χ4v) is 5.86. The van der Waals surface area contributed by atoms with Crippen LogP contribution in [0.1, 0.15) is 28.4 Å². The van der Waals surface area contributed by atoms with Gasteiger partial charge in [0.15, 0.2) is 11.7 Å². The lowest BCUT2D eigenvalue weighted by molar-refractivity contribution is -0.384. The Morgan fingerprint density at radius 1 is 1.09 bits per heavy atom. The van der Waals surface area contributed by atoms with Crippen molar-refractivity contribution in [3.63, 3.8) is 0 Å². The number of nitro groups is 1. The van der Waals surface area contributed by atoms with E-state index in [2.05, 4.69) is 0 Å². The maximum absolute atomic E-state index is 13.6. The number of ether oxygens (including phenoxy) is 2. The number of hydrogen-bond donors (Lipinski definition) is 0. The summed E-state index contributed by atoms with van der Waals surface area (Å²) in [7, 11) is -2.16. The fourth-order valence-electron chi connectivity index (χ4n) is 4.35. The zero-order chi connectivity index (χ0) is 24.8. The molecule has 0 aliphatic heterocycles. The molecule has 1 saturated carbocycles. The number of nitro benzene ring substituents is 1. The molecule has 3 aromatic rings. The number of para-hydroxylation sites is 1. The maximum Gasteiger partial charge on any atom is 0.323 e. The number of aromatic nitrogens is 1. The van der Waals surface area contributed by atoms with Gasteiger partial charge in [-0.2, -0.15) is 0 Å². The lowest BCUT2D eigenvalue weighted by atomic mass is 9.97. The van der Waals surface area contributed by atoms with Crippen LogP contribution < -0.4 is 0 Å². The first-order chi connectivity index (χ1) is 16.1. The largest absolute Gasteiger partial charge is 0.468 e.